The number of anilines is 1. The second-order valence-corrected chi connectivity index (χ2v) is 8.94. The Kier molecular flexibility index (Phi) is 5.60. The van der Waals surface area contributed by atoms with E-state index in [-0.39, 0.29) is 24.3 Å². The number of amides is 1. The molecular formula is C26H25N7O2. The quantitative estimate of drug-likeness (QED) is 0.374. The van der Waals surface area contributed by atoms with Gasteiger partial charge < -0.3 is 14.5 Å². The summed E-state index contributed by atoms with van der Waals surface area (Å²) in [4.78, 5) is 43.2. The molecule has 9 nitrogen and oxygen atoms in total. The highest BCUT2D eigenvalue weighted by molar-refractivity contribution is 6.16. The van der Waals surface area contributed by atoms with Crippen LogP contribution in [0.15, 0.2) is 55.6 Å². The van der Waals surface area contributed by atoms with Crippen molar-refractivity contribution in [2.75, 3.05) is 5.32 Å². The molecule has 0 saturated carbocycles. The molecule has 9 heteroatoms. The molecule has 35 heavy (non-hydrogen) atoms. The summed E-state index contributed by atoms with van der Waals surface area (Å²) in [5.74, 6) is -0.446. The minimum atomic E-state index is -0.237. The number of benzene rings is 1. The fourth-order valence-corrected chi connectivity index (χ4v) is 4.15. The van der Waals surface area contributed by atoms with Crippen molar-refractivity contribution >= 4 is 39.4 Å². The van der Waals surface area contributed by atoms with E-state index in [9.17, 15) is 9.59 Å². The van der Waals surface area contributed by atoms with Gasteiger partial charge in [0.15, 0.2) is 5.78 Å². The third kappa shape index (κ3) is 4.16. The summed E-state index contributed by atoms with van der Waals surface area (Å²) in [6, 6.07) is 5.81. The van der Waals surface area contributed by atoms with Gasteiger partial charge >= 0.3 is 0 Å². The molecule has 176 valence electrons. The number of hydrogen-bond acceptors (Lipinski definition) is 6. The van der Waals surface area contributed by atoms with Gasteiger partial charge in [0.1, 0.15) is 18.5 Å². The maximum Gasteiger partial charge on any atom is 0.244 e. The van der Waals surface area contributed by atoms with Crippen molar-refractivity contribution in [1.29, 1.82) is 0 Å². The van der Waals surface area contributed by atoms with Gasteiger partial charge in [-0.05, 0) is 57.0 Å². The lowest BCUT2D eigenvalue weighted by Gasteiger charge is -2.09. The van der Waals surface area contributed by atoms with E-state index in [4.69, 9.17) is 0 Å². The summed E-state index contributed by atoms with van der Waals surface area (Å²) in [6.45, 7) is 8.22. The molecular weight excluding hydrogens is 442 g/mol. The van der Waals surface area contributed by atoms with Crippen LogP contribution in [-0.4, -0.2) is 40.8 Å². The Balaban J connectivity index is 1.38. The third-order valence-electron chi connectivity index (χ3n) is 6.13. The van der Waals surface area contributed by atoms with Crippen molar-refractivity contribution in [2.24, 2.45) is 0 Å². The highest BCUT2D eigenvalue weighted by Gasteiger charge is 2.20. The average molecular weight is 468 g/mol. The van der Waals surface area contributed by atoms with Crippen molar-refractivity contribution in [2.45, 2.75) is 40.3 Å². The molecule has 0 saturated heterocycles. The number of nitrogens with one attached hydrogen (secondary N) is 1. The van der Waals surface area contributed by atoms with E-state index in [1.165, 1.54) is 18.7 Å². The van der Waals surface area contributed by atoms with Crippen molar-refractivity contribution in [3.05, 3.63) is 77.9 Å². The predicted octanol–water partition coefficient (Wildman–Crippen LogP) is 4.24. The van der Waals surface area contributed by atoms with Crippen molar-refractivity contribution < 1.29 is 9.59 Å². The summed E-state index contributed by atoms with van der Waals surface area (Å²) in [6.07, 6.45) is 9.59. The van der Waals surface area contributed by atoms with Gasteiger partial charge in [0.05, 0.1) is 34.8 Å². The number of fused-ring (bicyclic) bond motifs is 2. The second-order valence-electron chi connectivity index (χ2n) is 8.94. The number of imidazole rings is 1. The molecule has 0 atom stereocenters. The Bertz CT molecular complexity index is 1600. The number of nitrogens with zero attached hydrogens (tertiary/aromatic N) is 6. The van der Waals surface area contributed by atoms with Gasteiger partial charge in [-0.1, -0.05) is 0 Å². The molecule has 5 aromatic rings. The molecule has 1 aromatic carbocycles. The van der Waals surface area contributed by atoms with Crippen LogP contribution in [0.4, 0.5) is 5.69 Å². The van der Waals surface area contributed by atoms with Crippen LogP contribution in [0.5, 0.6) is 0 Å². The average Bonchev–Trinajstić information content (AvgIpc) is 3.41. The minimum absolute atomic E-state index is 0.0936. The topological polar surface area (TPSA) is 108 Å². The van der Waals surface area contributed by atoms with Gasteiger partial charge in [-0.25, -0.2) is 15.0 Å². The van der Waals surface area contributed by atoms with Crippen LogP contribution in [0.2, 0.25) is 0 Å². The summed E-state index contributed by atoms with van der Waals surface area (Å²) in [5, 5.41) is 3.52. The fraction of sp³-hybridized carbons (Fsp3) is 0.231. The second kappa shape index (κ2) is 8.75. The number of ketones is 1. The number of carbonyl (C=O) groups is 2. The van der Waals surface area contributed by atoms with Crippen LogP contribution < -0.4 is 5.32 Å². The number of aryl methyl sites for hydroxylation is 2. The van der Waals surface area contributed by atoms with Crippen LogP contribution in [0.3, 0.4) is 0 Å². The van der Waals surface area contributed by atoms with Crippen molar-refractivity contribution in [3.8, 4) is 0 Å². The summed E-state index contributed by atoms with van der Waals surface area (Å²) in [5.41, 5.74) is 6.05. The van der Waals surface area contributed by atoms with Crippen LogP contribution in [0.1, 0.15) is 46.9 Å². The van der Waals surface area contributed by atoms with Gasteiger partial charge in [-0.2, -0.15) is 0 Å². The van der Waals surface area contributed by atoms with E-state index < -0.39 is 0 Å². The van der Waals surface area contributed by atoms with E-state index in [2.05, 4.69) is 25.3 Å². The Morgan fingerprint density at radius 2 is 1.80 bits per heavy atom. The third-order valence-corrected chi connectivity index (χ3v) is 6.13. The number of carbonyl (C=O) groups excluding carboxylic acids is 2. The molecule has 0 radical (unpaired) electrons. The first-order valence-corrected chi connectivity index (χ1v) is 11.3. The van der Waals surface area contributed by atoms with E-state index in [1.807, 2.05) is 44.4 Å². The lowest BCUT2D eigenvalue weighted by molar-refractivity contribution is -0.116. The summed E-state index contributed by atoms with van der Waals surface area (Å²) < 4.78 is 3.75. The Morgan fingerprint density at radius 3 is 2.60 bits per heavy atom. The minimum Gasteiger partial charge on any atom is -0.329 e. The summed E-state index contributed by atoms with van der Waals surface area (Å²) in [7, 11) is 0. The first-order valence-electron chi connectivity index (χ1n) is 11.3. The van der Waals surface area contributed by atoms with Gasteiger partial charge in [0, 0.05) is 35.6 Å². The lowest BCUT2D eigenvalue weighted by Crippen LogP contribution is -2.18. The first-order chi connectivity index (χ1) is 16.8. The zero-order valence-corrected chi connectivity index (χ0v) is 20.0. The van der Waals surface area contributed by atoms with Crippen molar-refractivity contribution in [1.82, 2.24) is 29.1 Å². The Hall–Kier alpha value is -4.40. The summed E-state index contributed by atoms with van der Waals surface area (Å²) >= 11 is 0. The highest BCUT2D eigenvalue weighted by atomic mass is 16.2. The zero-order valence-electron chi connectivity index (χ0n) is 20.0. The number of pyridine rings is 1. The monoisotopic (exact) mass is 467 g/mol. The smallest absolute Gasteiger partial charge is 0.244 e. The maximum atomic E-state index is 13.4. The Morgan fingerprint density at radius 1 is 1.00 bits per heavy atom. The zero-order chi connectivity index (χ0) is 24.7. The van der Waals surface area contributed by atoms with Gasteiger partial charge in [-0.15, -0.1) is 0 Å². The predicted molar refractivity (Wildman–Crippen MR) is 133 cm³/mol. The molecule has 0 aliphatic heterocycles. The Labute approximate surface area is 201 Å². The molecule has 1 amide bonds. The molecule has 4 aromatic heterocycles. The maximum absolute atomic E-state index is 13.4. The molecule has 0 bridgehead atoms. The first kappa shape index (κ1) is 22.4. The van der Waals surface area contributed by atoms with E-state index in [1.54, 1.807) is 29.4 Å². The molecule has 0 spiro atoms. The number of rotatable bonds is 6. The molecule has 4 heterocycles. The van der Waals surface area contributed by atoms with Crippen LogP contribution in [-0.2, 0) is 11.3 Å². The van der Waals surface area contributed by atoms with Crippen molar-refractivity contribution in [3.63, 3.8) is 0 Å². The van der Waals surface area contributed by atoms with Gasteiger partial charge in [0.25, 0.3) is 0 Å². The molecule has 0 aliphatic carbocycles. The van der Waals surface area contributed by atoms with Crippen LogP contribution >= 0.6 is 0 Å². The van der Waals surface area contributed by atoms with E-state index in [0.717, 1.165) is 22.2 Å². The molecule has 0 unspecified atom stereocenters. The standard InChI is InChI=1S/C26H25N7O2/c1-15(2)33-11-21(20-10-28-13-29-26(20)33)25(35)18-7-19(9-27-8-18)31-24(34)12-32-14-30-22-5-16(3)17(4)6-23(22)32/h5-11,13-15H,12H2,1-4H3,(H,31,34). The molecule has 1 N–H and O–H groups in total. The SMILES string of the molecule is Cc1cc2ncn(CC(=O)Nc3cncc(C(=O)c4cn(C(C)C)c5ncncc45)c3)c2cc1C. The fourth-order valence-electron chi connectivity index (χ4n) is 4.15. The number of aromatic nitrogens is 6. The number of hydrogen-bond donors (Lipinski definition) is 1. The van der Waals surface area contributed by atoms with Crippen LogP contribution in [0.25, 0.3) is 22.1 Å². The molecule has 5 rings (SSSR count). The molecule has 0 aliphatic rings. The largest absolute Gasteiger partial charge is 0.329 e. The highest BCUT2D eigenvalue weighted by Crippen LogP contribution is 2.25. The van der Waals surface area contributed by atoms with E-state index >= 15 is 0 Å². The van der Waals surface area contributed by atoms with Crippen LogP contribution in [0, 0.1) is 13.8 Å². The lowest BCUT2D eigenvalue weighted by atomic mass is 10.1. The van der Waals surface area contributed by atoms with Gasteiger partial charge in [-0.3, -0.25) is 14.6 Å². The van der Waals surface area contributed by atoms with E-state index in [0.29, 0.717) is 27.8 Å². The molecule has 0 fully saturated rings. The van der Waals surface area contributed by atoms with Gasteiger partial charge in [0.2, 0.25) is 5.91 Å². The normalized spacial score (nSPS) is 11.5.